The van der Waals surface area contributed by atoms with E-state index in [2.05, 4.69) is 4.98 Å². The van der Waals surface area contributed by atoms with Crippen LogP contribution in [-0.4, -0.2) is 10.8 Å². The highest BCUT2D eigenvalue weighted by Crippen LogP contribution is 2.26. The average Bonchev–Trinajstić information content (AvgIpc) is 3.09. The summed E-state index contributed by atoms with van der Waals surface area (Å²) in [6, 6.07) is 13.2. The number of thiazole rings is 1. The van der Waals surface area contributed by atoms with Crippen molar-refractivity contribution >= 4 is 28.5 Å². The van der Waals surface area contributed by atoms with Crippen LogP contribution in [0, 0.1) is 0 Å². The molecule has 0 aliphatic rings. The minimum absolute atomic E-state index is 0.0107. The molecule has 18 heavy (non-hydrogen) atoms. The largest absolute Gasteiger partial charge is 0.286 e. The number of ketones is 1. The lowest BCUT2D eigenvalue weighted by Gasteiger charge is -1.95. The summed E-state index contributed by atoms with van der Waals surface area (Å²) in [7, 11) is 0. The molecule has 0 unspecified atom stereocenters. The fraction of sp³-hybridized carbons (Fsp3) is 0. The lowest BCUT2D eigenvalue weighted by atomic mass is 10.1. The summed E-state index contributed by atoms with van der Waals surface area (Å²) < 4.78 is 0. The molecule has 2 aromatic heterocycles. The molecule has 0 saturated heterocycles. The van der Waals surface area contributed by atoms with E-state index in [4.69, 9.17) is 0 Å². The van der Waals surface area contributed by atoms with Crippen molar-refractivity contribution in [3.05, 3.63) is 63.8 Å². The monoisotopic (exact) mass is 271 g/mol. The molecule has 1 aromatic carbocycles. The molecule has 0 atom stereocenters. The summed E-state index contributed by atoms with van der Waals surface area (Å²) in [5, 5.41) is 4.49. The number of carbonyl (C=O) groups is 1. The van der Waals surface area contributed by atoms with E-state index in [-0.39, 0.29) is 5.78 Å². The molecule has 88 valence electrons. The molecule has 0 aliphatic heterocycles. The van der Waals surface area contributed by atoms with Gasteiger partial charge in [0.1, 0.15) is 0 Å². The van der Waals surface area contributed by atoms with Crippen LogP contribution < -0.4 is 0 Å². The first-order valence-electron chi connectivity index (χ1n) is 5.44. The van der Waals surface area contributed by atoms with Crippen molar-refractivity contribution in [1.29, 1.82) is 0 Å². The smallest absolute Gasteiger partial charge is 0.221 e. The van der Waals surface area contributed by atoms with Crippen molar-refractivity contribution in [1.82, 2.24) is 4.98 Å². The Morgan fingerprint density at radius 1 is 1.00 bits per heavy atom. The van der Waals surface area contributed by atoms with Crippen molar-refractivity contribution in [2.75, 3.05) is 0 Å². The van der Waals surface area contributed by atoms with Gasteiger partial charge in [-0.05, 0) is 11.4 Å². The number of nitrogens with zero attached hydrogens (tertiary/aromatic N) is 1. The predicted octanol–water partition coefficient (Wildman–Crippen LogP) is 4.10. The Morgan fingerprint density at radius 2 is 1.83 bits per heavy atom. The minimum atomic E-state index is -0.0107. The summed E-state index contributed by atoms with van der Waals surface area (Å²) >= 11 is 3.03. The van der Waals surface area contributed by atoms with Crippen LogP contribution in [-0.2, 0) is 0 Å². The van der Waals surface area contributed by atoms with Gasteiger partial charge in [-0.3, -0.25) is 4.79 Å². The van der Waals surface area contributed by atoms with Crippen molar-refractivity contribution in [2.24, 2.45) is 0 Å². The van der Waals surface area contributed by atoms with Crippen LogP contribution in [0.3, 0.4) is 0 Å². The fourth-order valence-corrected chi connectivity index (χ4v) is 3.17. The normalized spacial score (nSPS) is 10.4. The third-order valence-electron chi connectivity index (χ3n) is 2.51. The van der Waals surface area contributed by atoms with Gasteiger partial charge in [0.25, 0.3) is 0 Å². The van der Waals surface area contributed by atoms with E-state index in [1.54, 1.807) is 11.3 Å². The van der Waals surface area contributed by atoms with E-state index >= 15 is 0 Å². The van der Waals surface area contributed by atoms with Gasteiger partial charge in [-0.1, -0.05) is 36.4 Å². The molecule has 0 N–H and O–H groups in total. The highest BCUT2D eigenvalue weighted by Gasteiger charge is 2.14. The highest BCUT2D eigenvalue weighted by atomic mass is 32.1. The molecule has 0 amide bonds. The first kappa shape index (κ1) is 11.3. The summed E-state index contributed by atoms with van der Waals surface area (Å²) in [5.74, 6) is -0.0107. The van der Waals surface area contributed by atoms with Crippen LogP contribution in [0.2, 0.25) is 0 Å². The van der Waals surface area contributed by atoms with Gasteiger partial charge in [0.2, 0.25) is 5.78 Å². The summed E-state index contributed by atoms with van der Waals surface area (Å²) in [6.07, 6.45) is 0. The average molecular weight is 271 g/mol. The lowest BCUT2D eigenvalue weighted by molar-refractivity contribution is 0.103. The Kier molecular flexibility index (Phi) is 3.04. The lowest BCUT2D eigenvalue weighted by Crippen LogP contribution is -1.99. The van der Waals surface area contributed by atoms with Crippen LogP contribution in [0.4, 0.5) is 0 Å². The molecule has 0 saturated carbocycles. The number of carbonyl (C=O) groups excluding carboxylic acids is 1. The van der Waals surface area contributed by atoms with E-state index in [9.17, 15) is 4.79 Å². The van der Waals surface area contributed by atoms with Gasteiger partial charge in [0, 0.05) is 10.9 Å². The third kappa shape index (κ3) is 2.12. The molecule has 0 spiro atoms. The van der Waals surface area contributed by atoms with E-state index in [1.807, 2.05) is 53.2 Å². The second-order valence-electron chi connectivity index (χ2n) is 3.71. The molecule has 4 heteroatoms. The Balaban J connectivity index is 1.93. The second-order valence-corrected chi connectivity index (χ2v) is 5.52. The summed E-state index contributed by atoms with van der Waals surface area (Å²) in [6.45, 7) is 0. The van der Waals surface area contributed by atoms with Crippen molar-refractivity contribution in [2.45, 2.75) is 0 Å². The number of hydrogen-bond donors (Lipinski definition) is 0. The Labute approximate surface area is 113 Å². The van der Waals surface area contributed by atoms with Gasteiger partial charge in [0.15, 0.2) is 5.01 Å². The van der Waals surface area contributed by atoms with Crippen molar-refractivity contribution in [3.63, 3.8) is 0 Å². The van der Waals surface area contributed by atoms with Gasteiger partial charge < -0.3 is 0 Å². The molecular weight excluding hydrogens is 262 g/mol. The fourth-order valence-electron chi connectivity index (χ4n) is 1.63. The van der Waals surface area contributed by atoms with E-state index in [0.717, 1.165) is 10.6 Å². The van der Waals surface area contributed by atoms with Crippen LogP contribution in [0.15, 0.2) is 53.2 Å². The molecular formula is C14H9NOS2. The first-order chi connectivity index (χ1) is 8.84. The predicted molar refractivity (Wildman–Crippen MR) is 75.3 cm³/mol. The number of hydrogen-bond acceptors (Lipinski definition) is 4. The number of benzene rings is 1. The zero-order chi connectivity index (χ0) is 12.4. The quantitative estimate of drug-likeness (QED) is 0.671. The molecule has 0 fully saturated rings. The van der Waals surface area contributed by atoms with E-state index in [0.29, 0.717) is 10.6 Å². The Morgan fingerprint density at radius 3 is 2.56 bits per heavy atom. The molecule has 0 radical (unpaired) electrons. The Bertz CT molecular complexity index is 656. The van der Waals surface area contributed by atoms with Crippen molar-refractivity contribution in [3.8, 4) is 10.6 Å². The first-order valence-corrected chi connectivity index (χ1v) is 7.19. The number of thiophene rings is 1. The van der Waals surface area contributed by atoms with Crippen LogP contribution in [0.1, 0.15) is 15.4 Å². The van der Waals surface area contributed by atoms with E-state index in [1.165, 1.54) is 11.3 Å². The number of aromatic nitrogens is 1. The van der Waals surface area contributed by atoms with Gasteiger partial charge in [-0.2, -0.15) is 0 Å². The maximum atomic E-state index is 12.2. The van der Waals surface area contributed by atoms with Gasteiger partial charge in [-0.15, -0.1) is 22.7 Å². The maximum absolute atomic E-state index is 12.2. The maximum Gasteiger partial charge on any atom is 0.221 e. The SMILES string of the molecule is O=C(c1ccccc1)c1nc(-c2cccs2)cs1. The third-order valence-corrected chi connectivity index (χ3v) is 4.24. The zero-order valence-corrected chi connectivity index (χ0v) is 11.0. The number of rotatable bonds is 3. The highest BCUT2D eigenvalue weighted by molar-refractivity contribution is 7.15. The van der Waals surface area contributed by atoms with Gasteiger partial charge in [0.05, 0.1) is 10.6 Å². The summed E-state index contributed by atoms with van der Waals surface area (Å²) in [4.78, 5) is 17.7. The van der Waals surface area contributed by atoms with Crippen LogP contribution >= 0.6 is 22.7 Å². The standard InChI is InChI=1S/C14H9NOS2/c16-13(10-5-2-1-3-6-10)14-15-11(9-18-14)12-7-4-8-17-12/h1-9H. The van der Waals surface area contributed by atoms with Crippen molar-refractivity contribution < 1.29 is 4.79 Å². The van der Waals surface area contributed by atoms with Crippen LogP contribution in [0.25, 0.3) is 10.6 Å². The zero-order valence-electron chi connectivity index (χ0n) is 9.37. The molecule has 0 aliphatic carbocycles. The second kappa shape index (κ2) is 4.84. The minimum Gasteiger partial charge on any atom is -0.286 e. The molecule has 0 bridgehead atoms. The van der Waals surface area contributed by atoms with Gasteiger partial charge >= 0.3 is 0 Å². The summed E-state index contributed by atoms with van der Waals surface area (Å²) in [5.41, 5.74) is 1.57. The van der Waals surface area contributed by atoms with Crippen LogP contribution in [0.5, 0.6) is 0 Å². The molecule has 3 aromatic rings. The molecule has 2 nitrogen and oxygen atoms in total. The molecule has 2 heterocycles. The van der Waals surface area contributed by atoms with E-state index < -0.39 is 0 Å². The van der Waals surface area contributed by atoms with Gasteiger partial charge in [-0.25, -0.2) is 4.98 Å². The Hall–Kier alpha value is -1.78. The molecule has 3 rings (SSSR count). The topological polar surface area (TPSA) is 30.0 Å².